The molecule has 1 heterocycles. The zero-order valence-corrected chi connectivity index (χ0v) is 8.75. The van der Waals surface area contributed by atoms with E-state index in [1.54, 1.807) is 0 Å². The molecule has 0 N–H and O–H groups in total. The predicted molar refractivity (Wildman–Crippen MR) is 60.5 cm³/mol. The molecule has 1 nitrogen and oxygen atoms in total. The van der Waals surface area contributed by atoms with Crippen LogP contribution in [0.2, 0.25) is 0 Å². The largest absolute Gasteiger partial charge is 0.256 e. The third-order valence-electron chi connectivity index (χ3n) is 2.73. The van der Waals surface area contributed by atoms with Crippen molar-refractivity contribution in [2.75, 3.05) is 0 Å². The molecule has 0 aliphatic heterocycles. The lowest BCUT2D eigenvalue weighted by atomic mass is 9.98. The van der Waals surface area contributed by atoms with Gasteiger partial charge in [0, 0.05) is 11.6 Å². The number of nitrogens with zero attached hydrogens (tertiary/aromatic N) is 1. The molecule has 0 aliphatic carbocycles. The van der Waals surface area contributed by atoms with E-state index in [9.17, 15) is 0 Å². The molecule has 0 saturated heterocycles. The van der Waals surface area contributed by atoms with E-state index in [4.69, 9.17) is 0 Å². The molecule has 0 bridgehead atoms. The summed E-state index contributed by atoms with van der Waals surface area (Å²) in [6.07, 6.45) is 4.05. The van der Waals surface area contributed by atoms with Gasteiger partial charge in [0.25, 0.3) is 0 Å². The van der Waals surface area contributed by atoms with Crippen LogP contribution in [0, 0.1) is 0 Å². The van der Waals surface area contributed by atoms with Crippen molar-refractivity contribution in [1.82, 2.24) is 4.98 Å². The Hall–Kier alpha value is -1.37. The van der Waals surface area contributed by atoms with E-state index >= 15 is 0 Å². The SMILES string of the molecule is CCc1ccc2ncccc2c1CC. The Morgan fingerprint density at radius 1 is 1.07 bits per heavy atom. The van der Waals surface area contributed by atoms with Gasteiger partial charge in [0.2, 0.25) is 0 Å². The maximum absolute atomic E-state index is 4.37. The van der Waals surface area contributed by atoms with Gasteiger partial charge in [-0.2, -0.15) is 0 Å². The Morgan fingerprint density at radius 3 is 2.64 bits per heavy atom. The highest BCUT2D eigenvalue weighted by Crippen LogP contribution is 2.21. The first-order valence-corrected chi connectivity index (χ1v) is 5.22. The first-order valence-electron chi connectivity index (χ1n) is 5.22. The second-order valence-electron chi connectivity index (χ2n) is 3.48. The minimum Gasteiger partial charge on any atom is -0.256 e. The molecule has 0 aliphatic rings. The maximum atomic E-state index is 4.37. The van der Waals surface area contributed by atoms with Crippen LogP contribution in [0.4, 0.5) is 0 Å². The van der Waals surface area contributed by atoms with Gasteiger partial charge in [-0.3, -0.25) is 4.98 Å². The smallest absolute Gasteiger partial charge is 0.0704 e. The van der Waals surface area contributed by atoms with Crippen LogP contribution in [0.5, 0.6) is 0 Å². The van der Waals surface area contributed by atoms with Crippen molar-refractivity contribution in [3.05, 3.63) is 41.6 Å². The molecule has 0 spiro atoms. The van der Waals surface area contributed by atoms with E-state index in [2.05, 4.69) is 37.0 Å². The molecule has 14 heavy (non-hydrogen) atoms. The normalized spacial score (nSPS) is 10.7. The standard InChI is InChI=1S/C13H15N/c1-3-10-7-8-13-12(11(10)4-2)6-5-9-14-13/h5-9H,3-4H2,1-2H3. The third kappa shape index (κ3) is 1.39. The fraction of sp³-hybridized carbons (Fsp3) is 0.308. The van der Waals surface area contributed by atoms with Crippen LogP contribution >= 0.6 is 0 Å². The van der Waals surface area contributed by atoms with E-state index < -0.39 is 0 Å². The summed E-state index contributed by atoms with van der Waals surface area (Å²) in [4.78, 5) is 4.37. The summed E-state index contributed by atoms with van der Waals surface area (Å²) in [5.41, 5.74) is 4.02. The Labute approximate surface area is 84.8 Å². The molecule has 72 valence electrons. The van der Waals surface area contributed by atoms with Crippen LogP contribution in [-0.2, 0) is 12.8 Å². The maximum Gasteiger partial charge on any atom is 0.0704 e. The lowest BCUT2D eigenvalue weighted by Crippen LogP contribution is -1.93. The third-order valence-corrected chi connectivity index (χ3v) is 2.73. The fourth-order valence-electron chi connectivity index (χ4n) is 2.01. The molecular formula is C13H15N. The summed E-state index contributed by atoms with van der Waals surface area (Å²) in [5, 5.41) is 1.31. The average molecular weight is 185 g/mol. The minimum atomic E-state index is 1.09. The van der Waals surface area contributed by atoms with Crippen molar-refractivity contribution in [1.29, 1.82) is 0 Å². The molecule has 0 amide bonds. The number of aryl methyl sites for hydroxylation is 2. The molecule has 1 heteroatoms. The average Bonchev–Trinajstić information content (AvgIpc) is 2.27. The number of hydrogen-bond donors (Lipinski definition) is 0. The topological polar surface area (TPSA) is 12.9 Å². The van der Waals surface area contributed by atoms with E-state index in [1.165, 1.54) is 16.5 Å². The molecule has 0 unspecified atom stereocenters. The van der Waals surface area contributed by atoms with Crippen molar-refractivity contribution in [3.63, 3.8) is 0 Å². The van der Waals surface area contributed by atoms with Gasteiger partial charge >= 0.3 is 0 Å². The first-order chi connectivity index (χ1) is 6.86. The number of hydrogen-bond acceptors (Lipinski definition) is 1. The molecule has 0 saturated carbocycles. The van der Waals surface area contributed by atoms with Crippen LogP contribution in [-0.4, -0.2) is 4.98 Å². The lowest BCUT2D eigenvalue weighted by molar-refractivity contribution is 1.05. The quantitative estimate of drug-likeness (QED) is 0.699. The Morgan fingerprint density at radius 2 is 1.93 bits per heavy atom. The van der Waals surface area contributed by atoms with E-state index in [-0.39, 0.29) is 0 Å². The number of aromatic nitrogens is 1. The molecule has 0 fully saturated rings. The van der Waals surface area contributed by atoms with E-state index in [0.717, 1.165) is 18.4 Å². The van der Waals surface area contributed by atoms with Gasteiger partial charge in [-0.25, -0.2) is 0 Å². The van der Waals surface area contributed by atoms with Crippen molar-refractivity contribution in [3.8, 4) is 0 Å². The van der Waals surface area contributed by atoms with Crippen LogP contribution in [0.3, 0.4) is 0 Å². The van der Waals surface area contributed by atoms with Crippen LogP contribution in [0.15, 0.2) is 30.5 Å². The number of benzene rings is 1. The summed E-state index contributed by atoms with van der Waals surface area (Å²) >= 11 is 0. The monoisotopic (exact) mass is 185 g/mol. The Kier molecular flexibility index (Phi) is 2.49. The summed E-state index contributed by atoms with van der Waals surface area (Å²) < 4.78 is 0. The molecule has 0 atom stereocenters. The number of fused-ring (bicyclic) bond motifs is 1. The number of pyridine rings is 1. The van der Waals surface area contributed by atoms with Gasteiger partial charge < -0.3 is 0 Å². The first kappa shape index (κ1) is 9.20. The van der Waals surface area contributed by atoms with Crippen molar-refractivity contribution >= 4 is 10.9 Å². The Balaban J connectivity index is 2.77. The molecular weight excluding hydrogens is 170 g/mol. The number of rotatable bonds is 2. The van der Waals surface area contributed by atoms with Gasteiger partial charge in [-0.15, -0.1) is 0 Å². The Bertz CT molecular complexity index is 446. The summed E-state index contributed by atoms with van der Waals surface area (Å²) in [5.74, 6) is 0. The molecule has 2 rings (SSSR count). The predicted octanol–water partition coefficient (Wildman–Crippen LogP) is 3.36. The van der Waals surface area contributed by atoms with Crippen molar-refractivity contribution in [2.24, 2.45) is 0 Å². The second-order valence-corrected chi connectivity index (χ2v) is 3.48. The van der Waals surface area contributed by atoms with Gasteiger partial charge in [-0.05, 0) is 36.1 Å². The van der Waals surface area contributed by atoms with Gasteiger partial charge in [0.15, 0.2) is 0 Å². The summed E-state index contributed by atoms with van der Waals surface area (Å²) in [6, 6.07) is 8.50. The zero-order valence-electron chi connectivity index (χ0n) is 8.75. The van der Waals surface area contributed by atoms with Crippen molar-refractivity contribution in [2.45, 2.75) is 26.7 Å². The van der Waals surface area contributed by atoms with Crippen LogP contribution in [0.1, 0.15) is 25.0 Å². The van der Waals surface area contributed by atoms with E-state index in [0.29, 0.717) is 0 Å². The molecule has 1 aromatic carbocycles. The minimum absolute atomic E-state index is 1.09. The fourth-order valence-corrected chi connectivity index (χ4v) is 2.01. The second kappa shape index (κ2) is 3.79. The van der Waals surface area contributed by atoms with Gasteiger partial charge in [0.1, 0.15) is 0 Å². The van der Waals surface area contributed by atoms with Crippen molar-refractivity contribution < 1.29 is 0 Å². The summed E-state index contributed by atoms with van der Waals surface area (Å²) in [6.45, 7) is 4.41. The summed E-state index contributed by atoms with van der Waals surface area (Å²) in [7, 11) is 0. The lowest BCUT2D eigenvalue weighted by Gasteiger charge is -2.08. The zero-order chi connectivity index (χ0) is 9.97. The molecule has 1 aromatic heterocycles. The highest BCUT2D eigenvalue weighted by Gasteiger charge is 2.04. The highest BCUT2D eigenvalue weighted by atomic mass is 14.6. The van der Waals surface area contributed by atoms with E-state index in [1.807, 2.05) is 12.3 Å². The van der Waals surface area contributed by atoms with Gasteiger partial charge in [0.05, 0.1) is 5.52 Å². The van der Waals surface area contributed by atoms with Crippen LogP contribution < -0.4 is 0 Å². The molecule has 0 radical (unpaired) electrons. The van der Waals surface area contributed by atoms with Gasteiger partial charge in [-0.1, -0.05) is 26.0 Å². The highest BCUT2D eigenvalue weighted by molar-refractivity contribution is 5.83. The van der Waals surface area contributed by atoms with Crippen LogP contribution in [0.25, 0.3) is 10.9 Å². The molecule has 2 aromatic rings.